The van der Waals surface area contributed by atoms with Crippen molar-refractivity contribution in [2.45, 2.75) is 24.7 Å². The molecule has 0 aliphatic heterocycles. The van der Waals surface area contributed by atoms with Crippen molar-refractivity contribution in [1.82, 2.24) is 15.2 Å². The number of nitrogens with one attached hydrogen (secondary N) is 1. The molecular formula is C21H22FN7. The zero-order chi connectivity index (χ0) is 20.3. The van der Waals surface area contributed by atoms with Crippen LogP contribution in [-0.2, 0) is 5.41 Å². The van der Waals surface area contributed by atoms with Crippen LogP contribution < -0.4 is 16.8 Å². The minimum Gasteiger partial charge on any atom is -0.370 e. The molecule has 4 rings (SSSR count). The number of halogens is 1. The van der Waals surface area contributed by atoms with E-state index >= 15 is 0 Å². The van der Waals surface area contributed by atoms with Crippen molar-refractivity contribution < 1.29 is 4.39 Å². The lowest BCUT2D eigenvalue weighted by Crippen LogP contribution is -2.42. The van der Waals surface area contributed by atoms with Crippen molar-refractivity contribution in [2.24, 2.45) is 16.5 Å². The minimum absolute atomic E-state index is 0.0165. The number of hydrogen-bond acceptors (Lipinski definition) is 5. The van der Waals surface area contributed by atoms with Crippen molar-refractivity contribution in [3.8, 4) is 11.3 Å². The number of nitrogens with zero attached hydrogens (tertiary/aromatic N) is 4. The van der Waals surface area contributed by atoms with Gasteiger partial charge in [0.25, 0.3) is 0 Å². The van der Waals surface area contributed by atoms with E-state index in [1.165, 1.54) is 6.07 Å². The van der Waals surface area contributed by atoms with Crippen molar-refractivity contribution in [3.63, 3.8) is 0 Å². The minimum atomic E-state index is -0.285. The Balaban J connectivity index is 1.45. The van der Waals surface area contributed by atoms with Crippen LogP contribution in [0.5, 0.6) is 0 Å². The molecule has 0 bridgehead atoms. The summed E-state index contributed by atoms with van der Waals surface area (Å²) < 4.78 is 14.2. The molecule has 29 heavy (non-hydrogen) atoms. The third-order valence-electron chi connectivity index (χ3n) is 5.27. The Morgan fingerprint density at radius 1 is 1.07 bits per heavy atom. The molecule has 2 heterocycles. The number of anilines is 1. The Morgan fingerprint density at radius 2 is 1.86 bits per heavy atom. The highest BCUT2D eigenvalue weighted by Gasteiger charge is 2.41. The maximum absolute atomic E-state index is 14.2. The number of benzene rings is 1. The molecule has 1 saturated carbocycles. The molecular weight excluding hydrogens is 369 g/mol. The average molecular weight is 391 g/mol. The number of aliphatic imine (C=N–C) groups is 1. The van der Waals surface area contributed by atoms with Gasteiger partial charge in [0.05, 0.1) is 17.1 Å². The van der Waals surface area contributed by atoms with Crippen molar-refractivity contribution in [2.75, 3.05) is 11.9 Å². The van der Waals surface area contributed by atoms with Gasteiger partial charge < -0.3 is 16.8 Å². The summed E-state index contributed by atoms with van der Waals surface area (Å²) in [6.45, 7) is 0.572. The number of aromatic nitrogens is 3. The number of nitrogens with two attached hydrogens (primary N) is 2. The van der Waals surface area contributed by atoms with Gasteiger partial charge in [-0.25, -0.2) is 9.38 Å². The number of guanidine groups is 1. The molecule has 0 radical (unpaired) electrons. The lowest BCUT2D eigenvalue weighted by Gasteiger charge is -2.41. The maximum Gasteiger partial charge on any atom is 0.191 e. The second kappa shape index (κ2) is 7.83. The fourth-order valence-corrected chi connectivity index (χ4v) is 3.57. The fraction of sp³-hybridized carbons (Fsp3) is 0.238. The van der Waals surface area contributed by atoms with Crippen LogP contribution in [0.15, 0.2) is 59.7 Å². The Bertz CT molecular complexity index is 1010. The van der Waals surface area contributed by atoms with Crippen LogP contribution in [0.2, 0.25) is 0 Å². The van der Waals surface area contributed by atoms with Crippen LogP contribution in [0.4, 0.5) is 15.9 Å². The molecule has 3 aromatic rings. The molecule has 0 saturated heterocycles. The van der Waals surface area contributed by atoms with Crippen LogP contribution in [0, 0.1) is 5.82 Å². The Morgan fingerprint density at radius 3 is 2.45 bits per heavy atom. The quantitative estimate of drug-likeness (QED) is 0.439. The van der Waals surface area contributed by atoms with Crippen LogP contribution in [0.25, 0.3) is 11.3 Å². The topological polar surface area (TPSA) is 115 Å². The molecule has 8 heteroatoms. The molecule has 0 spiro atoms. The molecule has 1 fully saturated rings. The number of hydrogen-bond donors (Lipinski definition) is 3. The Kier molecular flexibility index (Phi) is 5.07. The van der Waals surface area contributed by atoms with E-state index in [0.29, 0.717) is 23.7 Å². The summed E-state index contributed by atoms with van der Waals surface area (Å²) in [5, 5.41) is 11.8. The molecule has 148 valence electrons. The van der Waals surface area contributed by atoms with Gasteiger partial charge in [-0.05, 0) is 49.2 Å². The fourth-order valence-electron chi connectivity index (χ4n) is 3.57. The SMILES string of the molecule is NC(N)=Nc1ccc(-c2ccc(NCC3(c4ncccc4F)CCC3)nn2)cc1. The van der Waals surface area contributed by atoms with Crippen molar-refractivity contribution in [1.29, 1.82) is 0 Å². The molecule has 0 atom stereocenters. The van der Waals surface area contributed by atoms with Gasteiger partial charge in [0.1, 0.15) is 11.6 Å². The van der Waals surface area contributed by atoms with Gasteiger partial charge >= 0.3 is 0 Å². The predicted octanol–water partition coefficient (Wildman–Crippen LogP) is 3.12. The normalized spacial score (nSPS) is 14.7. The van der Waals surface area contributed by atoms with E-state index in [-0.39, 0.29) is 17.2 Å². The molecule has 2 aromatic heterocycles. The second-order valence-corrected chi connectivity index (χ2v) is 7.21. The van der Waals surface area contributed by atoms with Gasteiger partial charge in [-0.3, -0.25) is 4.98 Å². The largest absolute Gasteiger partial charge is 0.370 e. The summed E-state index contributed by atoms with van der Waals surface area (Å²) in [5.41, 5.74) is 13.3. The Labute approximate surface area is 168 Å². The first kappa shape index (κ1) is 18.8. The van der Waals surface area contributed by atoms with Crippen molar-refractivity contribution >= 4 is 17.5 Å². The molecule has 1 aliphatic rings. The predicted molar refractivity (Wildman–Crippen MR) is 111 cm³/mol. The van der Waals surface area contributed by atoms with Gasteiger partial charge in [-0.2, -0.15) is 0 Å². The summed E-state index contributed by atoms with van der Waals surface area (Å²) in [5.74, 6) is 0.413. The highest BCUT2D eigenvalue weighted by Crippen LogP contribution is 2.43. The van der Waals surface area contributed by atoms with Crippen LogP contribution in [0.1, 0.15) is 25.0 Å². The smallest absolute Gasteiger partial charge is 0.191 e. The summed E-state index contributed by atoms with van der Waals surface area (Å²) in [6, 6.07) is 14.2. The first-order valence-electron chi connectivity index (χ1n) is 9.44. The standard InChI is InChI=1S/C21H22FN7/c22-16-3-1-12-25-19(16)21(10-2-11-21)13-26-18-9-8-17(28-29-18)14-4-6-15(7-5-14)27-20(23)24/h1,3-9,12H,2,10-11,13H2,(H,26,29)(H4,23,24,27). The van der Waals surface area contributed by atoms with Gasteiger partial charge in [0.2, 0.25) is 0 Å². The molecule has 1 aliphatic carbocycles. The summed E-state index contributed by atoms with van der Waals surface area (Å²) in [6.07, 6.45) is 4.52. The summed E-state index contributed by atoms with van der Waals surface area (Å²) >= 11 is 0. The molecule has 0 unspecified atom stereocenters. The third-order valence-corrected chi connectivity index (χ3v) is 5.27. The summed E-state index contributed by atoms with van der Waals surface area (Å²) in [4.78, 5) is 8.28. The van der Waals surface area contributed by atoms with E-state index in [0.717, 1.165) is 30.5 Å². The highest BCUT2D eigenvalue weighted by atomic mass is 19.1. The lowest BCUT2D eigenvalue weighted by molar-refractivity contribution is 0.243. The van der Waals surface area contributed by atoms with E-state index in [9.17, 15) is 4.39 Å². The Hall–Kier alpha value is -3.55. The van der Waals surface area contributed by atoms with Crippen LogP contribution >= 0.6 is 0 Å². The highest BCUT2D eigenvalue weighted by molar-refractivity contribution is 5.79. The van der Waals surface area contributed by atoms with Crippen molar-refractivity contribution in [3.05, 3.63) is 66.2 Å². The van der Waals surface area contributed by atoms with E-state index in [2.05, 4.69) is 25.5 Å². The van der Waals surface area contributed by atoms with Gasteiger partial charge in [0.15, 0.2) is 5.96 Å². The average Bonchev–Trinajstić information content (AvgIpc) is 2.69. The van der Waals surface area contributed by atoms with E-state index in [1.807, 2.05) is 36.4 Å². The van der Waals surface area contributed by atoms with Crippen LogP contribution in [-0.4, -0.2) is 27.7 Å². The zero-order valence-electron chi connectivity index (χ0n) is 15.8. The molecule has 0 amide bonds. The van der Waals surface area contributed by atoms with Crippen LogP contribution in [0.3, 0.4) is 0 Å². The molecule has 1 aromatic carbocycles. The molecule has 7 nitrogen and oxygen atoms in total. The second-order valence-electron chi connectivity index (χ2n) is 7.21. The van der Waals surface area contributed by atoms with Gasteiger partial charge in [-0.1, -0.05) is 18.6 Å². The summed E-state index contributed by atoms with van der Waals surface area (Å²) in [7, 11) is 0. The lowest BCUT2D eigenvalue weighted by atomic mass is 9.66. The van der Waals surface area contributed by atoms with E-state index in [1.54, 1.807) is 12.3 Å². The monoisotopic (exact) mass is 391 g/mol. The van der Waals surface area contributed by atoms with Gasteiger partial charge in [-0.15, -0.1) is 10.2 Å². The number of rotatable bonds is 6. The first-order chi connectivity index (χ1) is 14.1. The maximum atomic E-state index is 14.2. The third kappa shape index (κ3) is 4.01. The molecule has 5 N–H and O–H groups in total. The zero-order valence-corrected chi connectivity index (χ0v) is 15.8. The number of pyridine rings is 1. The first-order valence-corrected chi connectivity index (χ1v) is 9.44. The van der Waals surface area contributed by atoms with E-state index in [4.69, 9.17) is 11.5 Å². The van der Waals surface area contributed by atoms with Gasteiger partial charge in [0, 0.05) is 23.7 Å². The van der Waals surface area contributed by atoms with E-state index < -0.39 is 0 Å².